The summed E-state index contributed by atoms with van der Waals surface area (Å²) in [6, 6.07) is 5.19. The molecule has 4 nitrogen and oxygen atoms in total. The quantitative estimate of drug-likeness (QED) is 0.582. The van der Waals surface area contributed by atoms with E-state index in [1.54, 1.807) is 25.1 Å². The molecule has 1 aliphatic rings. The third kappa shape index (κ3) is 1.88. The van der Waals surface area contributed by atoms with E-state index in [2.05, 4.69) is 27.7 Å². The van der Waals surface area contributed by atoms with Gasteiger partial charge in [-0.05, 0) is 37.3 Å². The molecule has 76 valence electrons. The molecule has 1 unspecified atom stereocenters. The van der Waals surface area contributed by atoms with Crippen LogP contribution in [0.15, 0.2) is 23.2 Å². The molecule has 0 saturated carbocycles. The van der Waals surface area contributed by atoms with Crippen LogP contribution in [0.3, 0.4) is 0 Å². The highest BCUT2D eigenvalue weighted by atomic mass is 32.1. The molecule has 0 spiro atoms. The molecule has 5 heteroatoms. The number of hydrogen-bond acceptors (Lipinski definition) is 4. The molecule has 0 bridgehead atoms. The summed E-state index contributed by atoms with van der Waals surface area (Å²) < 4.78 is 5.38. The number of isothiocyanates is 1. The van der Waals surface area contributed by atoms with Gasteiger partial charge >= 0.3 is 0 Å². The van der Waals surface area contributed by atoms with Crippen LogP contribution in [-0.2, 0) is 4.79 Å². The van der Waals surface area contributed by atoms with Crippen LogP contribution in [0.4, 0.5) is 11.4 Å². The van der Waals surface area contributed by atoms with Gasteiger partial charge in [-0.2, -0.15) is 4.99 Å². The normalized spacial score (nSPS) is 18.2. The molecule has 1 atom stereocenters. The Morgan fingerprint density at radius 2 is 2.40 bits per heavy atom. The second-order valence-corrected chi connectivity index (χ2v) is 3.32. The second-order valence-electron chi connectivity index (χ2n) is 3.13. The van der Waals surface area contributed by atoms with Gasteiger partial charge in [0, 0.05) is 0 Å². The SMILES string of the molecule is CC1Oc2ccc(N=C=S)cc2NC1=O. The number of aliphatic imine (C=N–C) groups is 1. The lowest BCUT2D eigenvalue weighted by atomic mass is 10.2. The average molecular weight is 220 g/mol. The molecule has 0 fully saturated rings. The van der Waals surface area contributed by atoms with Crippen molar-refractivity contribution in [2.75, 3.05) is 5.32 Å². The van der Waals surface area contributed by atoms with Crippen molar-refractivity contribution in [3.63, 3.8) is 0 Å². The van der Waals surface area contributed by atoms with Crippen LogP contribution in [0.5, 0.6) is 5.75 Å². The average Bonchev–Trinajstić information content (AvgIpc) is 2.21. The molecule has 1 N–H and O–H groups in total. The Bertz CT molecular complexity index is 466. The third-order valence-electron chi connectivity index (χ3n) is 2.07. The number of nitrogens with zero attached hydrogens (tertiary/aromatic N) is 1. The van der Waals surface area contributed by atoms with Gasteiger partial charge in [0.1, 0.15) is 5.75 Å². The van der Waals surface area contributed by atoms with E-state index in [1.165, 1.54) is 0 Å². The zero-order valence-electron chi connectivity index (χ0n) is 7.98. The van der Waals surface area contributed by atoms with Crippen LogP contribution in [0.25, 0.3) is 0 Å². The number of carbonyl (C=O) groups excluding carboxylic acids is 1. The Morgan fingerprint density at radius 3 is 3.13 bits per heavy atom. The first-order valence-corrected chi connectivity index (χ1v) is 4.81. The fourth-order valence-corrected chi connectivity index (χ4v) is 1.42. The third-order valence-corrected chi connectivity index (χ3v) is 2.16. The smallest absolute Gasteiger partial charge is 0.265 e. The summed E-state index contributed by atoms with van der Waals surface area (Å²) in [7, 11) is 0. The molecule has 1 heterocycles. The van der Waals surface area contributed by atoms with E-state index >= 15 is 0 Å². The minimum Gasteiger partial charge on any atom is -0.479 e. The summed E-state index contributed by atoms with van der Waals surface area (Å²) in [5.74, 6) is 0.483. The van der Waals surface area contributed by atoms with E-state index < -0.39 is 6.10 Å². The van der Waals surface area contributed by atoms with Crippen LogP contribution in [0, 0.1) is 0 Å². The van der Waals surface area contributed by atoms with Crippen LogP contribution < -0.4 is 10.1 Å². The van der Waals surface area contributed by atoms with Crippen molar-refractivity contribution >= 4 is 34.7 Å². The van der Waals surface area contributed by atoms with Gasteiger partial charge in [0.05, 0.1) is 16.5 Å². The maximum absolute atomic E-state index is 11.3. The van der Waals surface area contributed by atoms with Gasteiger partial charge in [-0.25, -0.2) is 0 Å². The van der Waals surface area contributed by atoms with E-state index in [0.29, 0.717) is 17.1 Å². The van der Waals surface area contributed by atoms with E-state index in [0.717, 1.165) is 0 Å². The summed E-state index contributed by atoms with van der Waals surface area (Å²) >= 11 is 4.50. The lowest BCUT2D eigenvalue weighted by molar-refractivity contribution is -0.122. The Morgan fingerprint density at radius 1 is 1.60 bits per heavy atom. The number of rotatable bonds is 1. The monoisotopic (exact) mass is 220 g/mol. The number of carbonyl (C=O) groups is 1. The molecule has 1 aromatic rings. The van der Waals surface area contributed by atoms with Gasteiger partial charge in [-0.1, -0.05) is 0 Å². The van der Waals surface area contributed by atoms with E-state index in [4.69, 9.17) is 4.74 Å². The minimum atomic E-state index is -0.461. The Kier molecular flexibility index (Phi) is 2.49. The fourth-order valence-electron chi connectivity index (χ4n) is 1.32. The first-order chi connectivity index (χ1) is 7.20. The number of fused-ring (bicyclic) bond motifs is 1. The van der Waals surface area contributed by atoms with Gasteiger partial charge in [0.25, 0.3) is 5.91 Å². The standard InChI is InChI=1S/C10H8N2O2S/c1-6-10(13)12-8-4-7(11-5-15)2-3-9(8)14-6/h2-4,6H,1H3,(H,12,13). The number of hydrogen-bond donors (Lipinski definition) is 1. The number of benzene rings is 1. The van der Waals surface area contributed by atoms with Crippen molar-refractivity contribution in [2.45, 2.75) is 13.0 Å². The van der Waals surface area contributed by atoms with Gasteiger partial charge in [-0.3, -0.25) is 4.79 Å². The molecular weight excluding hydrogens is 212 g/mol. The maximum atomic E-state index is 11.3. The highest BCUT2D eigenvalue weighted by Gasteiger charge is 2.23. The summed E-state index contributed by atoms with van der Waals surface area (Å²) in [5, 5.41) is 4.99. The van der Waals surface area contributed by atoms with E-state index in [9.17, 15) is 4.79 Å². The van der Waals surface area contributed by atoms with Crippen molar-refractivity contribution in [1.82, 2.24) is 0 Å². The number of amides is 1. The molecule has 15 heavy (non-hydrogen) atoms. The number of ether oxygens (including phenoxy) is 1. The van der Waals surface area contributed by atoms with Crippen LogP contribution in [-0.4, -0.2) is 17.2 Å². The van der Waals surface area contributed by atoms with E-state index in [-0.39, 0.29) is 5.91 Å². The summed E-state index contributed by atoms with van der Waals surface area (Å²) in [4.78, 5) is 15.1. The number of anilines is 1. The van der Waals surface area contributed by atoms with Crippen LogP contribution in [0.2, 0.25) is 0 Å². The molecule has 2 rings (SSSR count). The fraction of sp³-hybridized carbons (Fsp3) is 0.200. The van der Waals surface area contributed by atoms with Gasteiger partial charge < -0.3 is 10.1 Å². The largest absolute Gasteiger partial charge is 0.479 e. The summed E-state index contributed by atoms with van der Waals surface area (Å²) in [6.45, 7) is 1.70. The molecule has 1 aromatic carbocycles. The van der Waals surface area contributed by atoms with Crippen LogP contribution in [0.1, 0.15) is 6.92 Å². The first kappa shape index (κ1) is 9.83. The second kappa shape index (κ2) is 3.81. The molecule has 0 aliphatic carbocycles. The Labute approximate surface area is 92.0 Å². The van der Waals surface area contributed by atoms with Gasteiger partial charge in [0.15, 0.2) is 6.10 Å². The highest BCUT2D eigenvalue weighted by molar-refractivity contribution is 7.78. The lowest BCUT2D eigenvalue weighted by Gasteiger charge is -2.23. The van der Waals surface area contributed by atoms with Crippen molar-refractivity contribution in [3.8, 4) is 5.75 Å². The maximum Gasteiger partial charge on any atom is 0.265 e. The van der Waals surface area contributed by atoms with Crippen LogP contribution >= 0.6 is 12.2 Å². The number of thiocarbonyl (C=S) groups is 1. The molecular formula is C10H8N2O2S. The highest BCUT2D eigenvalue weighted by Crippen LogP contribution is 2.32. The summed E-state index contributed by atoms with van der Waals surface area (Å²) in [6.07, 6.45) is -0.461. The van der Waals surface area contributed by atoms with Crippen molar-refractivity contribution in [1.29, 1.82) is 0 Å². The first-order valence-electron chi connectivity index (χ1n) is 4.40. The molecule has 1 amide bonds. The zero-order chi connectivity index (χ0) is 10.8. The molecule has 0 aromatic heterocycles. The molecule has 0 radical (unpaired) electrons. The molecule has 1 aliphatic heterocycles. The Hall–Kier alpha value is -1.71. The minimum absolute atomic E-state index is 0.161. The Balaban J connectivity index is 2.41. The predicted octanol–water partition coefficient (Wildman–Crippen LogP) is 2.14. The van der Waals surface area contributed by atoms with Gasteiger partial charge in [-0.15, -0.1) is 0 Å². The van der Waals surface area contributed by atoms with Crippen molar-refractivity contribution < 1.29 is 9.53 Å². The van der Waals surface area contributed by atoms with Crippen molar-refractivity contribution in [3.05, 3.63) is 18.2 Å². The zero-order valence-corrected chi connectivity index (χ0v) is 8.80. The van der Waals surface area contributed by atoms with Gasteiger partial charge in [0.2, 0.25) is 0 Å². The topological polar surface area (TPSA) is 50.7 Å². The lowest BCUT2D eigenvalue weighted by Crippen LogP contribution is -2.34. The van der Waals surface area contributed by atoms with E-state index in [1.807, 2.05) is 0 Å². The van der Waals surface area contributed by atoms with Crippen molar-refractivity contribution in [2.24, 2.45) is 4.99 Å². The summed E-state index contributed by atoms with van der Waals surface area (Å²) in [5.41, 5.74) is 1.26. The molecule has 0 saturated heterocycles. The number of nitrogens with one attached hydrogen (secondary N) is 1. The predicted molar refractivity (Wildman–Crippen MR) is 59.8 cm³/mol.